The smallest absolute Gasteiger partial charge is 0.354 e. The number of benzene rings is 2. The number of methoxy groups -OCH3 is 2. The summed E-state index contributed by atoms with van der Waals surface area (Å²) >= 11 is 0. The monoisotopic (exact) mass is 443 g/mol. The third-order valence-corrected chi connectivity index (χ3v) is 4.24. The molecule has 8 heteroatoms. The second kappa shape index (κ2) is 12.1. The van der Waals surface area contributed by atoms with Crippen molar-refractivity contribution in [2.45, 2.75) is 0 Å². The molecule has 0 fully saturated rings. The predicted molar refractivity (Wildman–Crippen MR) is 122 cm³/mol. The van der Waals surface area contributed by atoms with Gasteiger partial charge >= 0.3 is 5.97 Å². The highest BCUT2D eigenvalue weighted by molar-refractivity contribution is 6.02. The zero-order valence-electron chi connectivity index (χ0n) is 18.1. The van der Waals surface area contributed by atoms with Gasteiger partial charge in [-0.05, 0) is 47.5 Å². The van der Waals surface area contributed by atoms with Gasteiger partial charge in [0.1, 0.15) is 29.0 Å². The van der Waals surface area contributed by atoms with Crippen molar-refractivity contribution in [1.29, 1.82) is 10.5 Å². The lowest BCUT2D eigenvalue weighted by Gasteiger charge is -2.10. The van der Waals surface area contributed by atoms with Crippen molar-refractivity contribution in [2.75, 3.05) is 20.8 Å². The number of carbonyl (C=O) groups is 2. The number of ether oxygens (including phenoxy) is 3. The molecule has 0 atom stereocenters. The van der Waals surface area contributed by atoms with Crippen LogP contribution in [0, 0.1) is 22.7 Å². The summed E-state index contributed by atoms with van der Waals surface area (Å²) in [6.07, 6.45) is 4.26. The molecule has 0 spiro atoms. The number of amides is 1. The van der Waals surface area contributed by atoms with Crippen LogP contribution in [0.4, 0.5) is 0 Å². The molecule has 8 nitrogen and oxygen atoms in total. The van der Waals surface area contributed by atoms with Gasteiger partial charge in [-0.15, -0.1) is 6.58 Å². The van der Waals surface area contributed by atoms with E-state index in [0.29, 0.717) is 16.9 Å². The van der Waals surface area contributed by atoms with Crippen LogP contribution in [0.2, 0.25) is 0 Å². The van der Waals surface area contributed by atoms with E-state index in [4.69, 9.17) is 14.2 Å². The molecule has 0 saturated carbocycles. The van der Waals surface area contributed by atoms with Crippen molar-refractivity contribution in [1.82, 2.24) is 5.32 Å². The lowest BCUT2D eigenvalue weighted by Crippen LogP contribution is -2.24. The first-order chi connectivity index (χ1) is 15.9. The van der Waals surface area contributed by atoms with E-state index in [1.54, 1.807) is 30.3 Å². The molecule has 166 valence electrons. The Morgan fingerprint density at radius 3 is 2.15 bits per heavy atom. The highest BCUT2D eigenvalue weighted by atomic mass is 16.6. The Morgan fingerprint density at radius 1 is 0.939 bits per heavy atom. The van der Waals surface area contributed by atoms with Gasteiger partial charge in [-0.25, -0.2) is 4.79 Å². The Balaban J connectivity index is 2.25. The standard InChI is InChI=1S/C25H21N3O5/c1-4-11-28-24(29)19(15-26)13-18-7-10-22(23(14-18)32-3)33-25(30)20(16-27)12-17-5-8-21(31-2)9-6-17/h4-10,12-14H,1,11H2,2-3H3,(H,28,29)/b19-13+,20-12+. The molecular weight excluding hydrogens is 422 g/mol. The quantitative estimate of drug-likeness (QED) is 0.207. The topological polar surface area (TPSA) is 121 Å². The minimum absolute atomic E-state index is 0.0742. The van der Waals surface area contributed by atoms with E-state index in [9.17, 15) is 20.1 Å². The summed E-state index contributed by atoms with van der Waals surface area (Å²) in [5, 5.41) is 21.2. The molecule has 33 heavy (non-hydrogen) atoms. The van der Waals surface area contributed by atoms with Gasteiger partial charge in [-0.3, -0.25) is 4.79 Å². The van der Waals surface area contributed by atoms with E-state index < -0.39 is 11.9 Å². The number of hydrogen-bond donors (Lipinski definition) is 1. The van der Waals surface area contributed by atoms with Gasteiger partial charge in [0.05, 0.1) is 14.2 Å². The zero-order valence-corrected chi connectivity index (χ0v) is 18.1. The van der Waals surface area contributed by atoms with Gasteiger partial charge in [0.25, 0.3) is 5.91 Å². The fourth-order valence-electron chi connectivity index (χ4n) is 2.59. The van der Waals surface area contributed by atoms with E-state index in [1.807, 2.05) is 12.1 Å². The van der Waals surface area contributed by atoms with Crippen LogP contribution in [0.5, 0.6) is 17.2 Å². The maximum Gasteiger partial charge on any atom is 0.354 e. The second-order valence-corrected chi connectivity index (χ2v) is 6.41. The summed E-state index contributed by atoms with van der Waals surface area (Å²) in [6, 6.07) is 15.0. The summed E-state index contributed by atoms with van der Waals surface area (Å²) < 4.78 is 15.7. The Bertz CT molecular complexity index is 1180. The maximum absolute atomic E-state index is 12.5. The van der Waals surface area contributed by atoms with Crippen molar-refractivity contribution in [2.24, 2.45) is 0 Å². The Labute approximate surface area is 191 Å². The van der Waals surface area contributed by atoms with Crippen LogP contribution >= 0.6 is 0 Å². The minimum atomic E-state index is -0.864. The Hall–Kier alpha value is -4.82. The molecular formula is C25H21N3O5. The van der Waals surface area contributed by atoms with Gasteiger partial charge in [0.15, 0.2) is 11.5 Å². The number of esters is 1. The number of carbonyl (C=O) groups excluding carboxylic acids is 2. The summed E-state index contributed by atoms with van der Waals surface area (Å²) in [7, 11) is 2.91. The first kappa shape index (κ1) is 24.4. The van der Waals surface area contributed by atoms with Crippen molar-refractivity contribution in [3.63, 3.8) is 0 Å². The number of nitrogens with zero attached hydrogens (tertiary/aromatic N) is 2. The molecule has 0 aliphatic carbocycles. The summed E-state index contributed by atoms with van der Waals surface area (Å²) in [5.74, 6) is -0.511. The molecule has 2 rings (SSSR count). The van der Waals surface area contributed by atoms with E-state index in [-0.39, 0.29) is 29.2 Å². The van der Waals surface area contributed by atoms with Crippen LogP contribution < -0.4 is 19.5 Å². The van der Waals surface area contributed by atoms with Crippen molar-refractivity contribution < 1.29 is 23.8 Å². The lowest BCUT2D eigenvalue weighted by molar-refractivity contribution is -0.129. The van der Waals surface area contributed by atoms with Gasteiger partial charge < -0.3 is 19.5 Å². The molecule has 2 aromatic rings. The molecule has 0 aromatic heterocycles. The van der Waals surface area contributed by atoms with Gasteiger partial charge in [-0.2, -0.15) is 10.5 Å². The molecule has 0 saturated heterocycles. The van der Waals surface area contributed by atoms with Gasteiger partial charge in [-0.1, -0.05) is 24.3 Å². The van der Waals surface area contributed by atoms with Crippen LogP contribution in [0.15, 0.2) is 66.3 Å². The third kappa shape index (κ3) is 6.84. The Morgan fingerprint density at radius 2 is 1.58 bits per heavy atom. The first-order valence-electron chi connectivity index (χ1n) is 9.62. The van der Waals surface area contributed by atoms with Crippen molar-refractivity contribution in [3.05, 3.63) is 77.4 Å². The fourth-order valence-corrected chi connectivity index (χ4v) is 2.59. The summed E-state index contributed by atoms with van der Waals surface area (Å²) in [5.41, 5.74) is 0.774. The number of rotatable bonds is 9. The first-order valence-corrected chi connectivity index (χ1v) is 9.62. The zero-order chi connectivity index (χ0) is 24.2. The third-order valence-electron chi connectivity index (χ3n) is 4.24. The molecule has 0 aliphatic rings. The largest absolute Gasteiger partial charge is 0.497 e. The molecule has 1 N–H and O–H groups in total. The molecule has 0 bridgehead atoms. The number of nitriles is 2. The normalized spacial score (nSPS) is 10.9. The summed E-state index contributed by atoms with van der Waals surface area (Å²) in [4.78, 5) is 24.5. The predicted octanol–water partition coefficient (Wildman–Crippen LogP) is 3.43. The van der Waals surface area contributed by atoms with Crippen molar-refractivity contribution >= 4 is 24.0 Å². The average Bonchev–Trinajstić information content (AvgIpc) is 2.85. The summed E-state index contributed by atoms with van der Waals surface area (Å²) in [6.45, 7) is 3.73. The minimum Gasteiger partial charge on any atom is -0.497 e. The van der Waals surface area contributed by atoms with E-state index in [1.165, 1.54) is 44.6 Å². The lowest BCUT2D eigenvalue weighted by atomic mass is 10.1. The fraction of sp³-hybridized carbons (Fsp3) is 0.120. The van der Waals surface area contributed by atoms with Gasteiger partial charge in [0.2, 0.25) is 0 Å². The van der Waals surface area contributed by atoms with Crippen LogP contribution in [0.3, 0.4) is 0 Å². The molecule has 0 heterocycles. The van der Waals surface area contributed by atoms with Crippen LogP contribution in [0.1, 0.15) is 11.1 Å². The van der Waals surface area contributed by atoms with E-state index in [0.717, 1.165) is 0 Å². The van der Waals surface area contributed by atoms with Gasteiger partial charge in [0, 0.05) is 6.54 Å². The Kier molecular flexibility index (Phi) is 8.99. The highest BCUT2D eigenvalue weighted by Gasteiger charge is 2.16. The van der Waals surface area contributed by atoms with Crippen molar-refractivity contribution in [3.8, 4) is 29.4 Å². The maximum atomic E-state index is 12.5. The SMILES string of the molecule is C=CCNC(=O)/C(C#N)=C/c1ccc(OC(=O)/C(C#N)=C/c2ccc(OC)cc2)c(OC)c1. The molecule has 1 amide bonds. The number of nitrogens with one attached hydrogen (secondary N) is 1. The van der Waals surface area contributed by atoms with E-state index in [2.05, 4.69) is 11.9 Å². The number of hydrogen-bond acceptors (Lipinski definition) is 7. The molecule has 0 unspecified atom stereocenters. The molecule has 2 aromatic carbocycles. The molecule has 0 radical (unpaired) electrons. The van der Waals surface area contributed by atoms with Crippen LogP contribution in [0.25, 0.3) is 12.2 Å². The average molecular weight is 443 g/mol. The van der Waals surface area contributed by atoms with Crippen LogP contribution in [-0.4, -0.2) is 32.6 Å². The molecule has 0 aliphatic heterocycles. The second-order valence-electron chi connectivity index (χ2n) is 6.41. The van der Waals surface area contributed by atoms with E-state index >= 15 is 0 Å². The highest BCUT2D eigenvalue weighted by Crippen LogP contribution is 2.30. The van der Waals surface area contributed by atoms with Crippen LogP contribution in [-0.2, 0) is 9.59 Å².